The number of aromatic hydroxyl groups is 1. The highest BCUT2D eigenvalue weighted by Gasteiger charge is 2.40. The smallest absolute Gasteiger partial charge is 0.245 e. The van der Waals surface area contributed by atoms with Gasteiger partial charge in [-0.15, -0.1) is 0 Å². The van der Waals surface area contributed by atoms with Gasteiger partial charge in [0.1, 0.15) is 66.2 Å². The average molecular weight is 1470 g/mol. The number of likely N-dealkylation sites (tertiary alicyclic amines) is 1. The molecule has 560 valence electrons. The zero-order chi connectivity index (χ0) is 76.6. The van der Waals surface area contributed by atoms with Crippen molar-refractivity contribution in [2.24, 2.45) is 17.4 Å². The normalized spacial score (nSPS) is 15.2. The van der Waals surface area contributed by atoms with Gasteiger partial charge in [-0.25, -0.2) is 0 Å². The maximum atomic E-state index is 15.2. The zero-order valence-corrected chi connectivity index (χ0v) is 60.1. The number of rotatable bonds is 36. The Labute approximate surface area is 618 Å². The summed E-state index contributed by atoms with van der Waals surface area (Å²) in [6.45, 7) is 5.47. The van der Waals surface area contributed by atoms with E-state index in [4.69, 9.17) is 28.5 Å². The first-order valence-corrected chi connectivity index (χ1v) is 35.4. The fourth-order valence-electron chi connectivity index (χ4n) is 12.4. The molecule has 106 heavy (non-hydrogen) atoms. The highest BCUT2D eigenvalue weighted by atomic mass is 35.5. The standard InChI is InChI=1S/C77H92ClN15O13/c1-44(2)34-59(68(98)86-58(17-10-32-83-77(80)81)76(106)93-33-11-18-66(93)75(105)84-45(3)67(79)97)87-72(102)63(40-50-20-26-53-14-6-8-16-55(53)36-50)89-71(101)62(38-48-23-29-57(96)30-24-48)91-74(104)65(43-94)92-73(103)64(41-51-12-9-31-82-42-51)90-70(100)61(37-47-21-27-56(78)28-22-47)88-69(99)60(85-46(4)95)39-49-19-25-52-13-5-7-15-54(52)35-49/h5-9,12-16,19-31,35-36,42,44-45,58-66,94,96H,10-11,17-18,32-34,37-41,43H2,1-4H3,(H2,79,97)(H,84,105)(H,85,95)(H,86,98)(H,87,102)(H,88,99)(H,89,101)(H,90,100)(H,91,104)(H,92,103)(H4,80,81,83)/t45-,58+,59+,60-,61-,62+,63-,64-,65+,66+/m1/s1. The van der Waals surface area contributed by atoms with Crippen molar-refractivity contribution in [3.63, 3.8) is 0 Å². The zero-order valence-electron chi connectivity index (χ0n) is 59.4. The maximum absolute atomic E-state index is 15.2. The number of nitrogens with two attached hydrogens (primary N) is 2. The van der Waals surface area contributed by atoms with Gasteiger partial charge in [0, 0.05) is 69.5 Å². The van der Waals surface area contributed by atoms with Crippen LogP contribution in [0, 0.1) is 11.3 Å². The van der Waals surface area contributed by atoms with Crippen LogP contribution in [-0.2, 0) is 84.8 Å². The van der Waals surface area contributed by atoms with E-state index in [9.17, 15) is 53.4 Å². The minimum atomic E-state index is -1.83. The van der Waals surface area contributed by atoms with Gasteiger partial charge in [-0.1, -0.05) is 141 Å². The summed E-state index contributed by atoms with van der Waals surface area (Å²) in [5.41, 5.74) is 13.6. The Hall–Kier alpha value is -11.5. The number of pyridine rings is 1. The molecule has 1 aromatic heterocycles. The predicted octanol–water partition coefficient (Wildman–Crippen LogP) is 2.44. The molecule has 1 fully saturated rings. The third kappa shape index (κ3) is 24.0. The number of hydrogen-bond donors (Lipinski definition) is 15. The molecule has 0 saturated carbocycles. The molecule has 0 aliphatic carbocycles. The van der Waals surface area contributed by atoms with Crippen molar-refractivity contribution < 1.29 is 63.0 Å². The summed E-state index contributed by atoms with van der Waals surface area (Å²) in [5, 5.41) is 59.9. The first-order valence-electron chi connectivity index (χ1n) is 35.1. The summed E-state index contributed by atoms with van der Waals surface area (Å²) in [5.74, 6) is -9.58. The lowest BCUT2D eigenvalue weighted by Gasteiger charge is -2.31. The minimum Gasteiger partial charge on any atom is -0.508 e. The molecule has 8 rings (SSSR count). The Bertz CT molecular complexity index is 4280. The van der Waals surface area contributed by atoms with Crippen LogP contribution < -0.4 is 64.6 Å². The molecule has 1 aliphatic heterocycles. The van der Waals surface area contributed by atoms with Gasteiger partial charge in [-0.2, -0.15) is 0 Å². The molecular formula is C77H92ClN15O13. The minimum absolute atomic E-state index is 0.00950. The topological polar surface area (TPSA) is 441 Å². The fourth-order valence-corrected chi connectivity index (χ4v) is 12.6. The van der Waals surface area contributed by atoms with Crippen LogP contribution in [0.5, 0.6) is 5.75 Å². The number of aromatic nitrogens is 1. The number of halogens is 1. The molecule has 6 aromatic carbocycles. The van der Waals surface area contributed by atoms with Crippen LogP contribution in [0.15, 0.2) is 158 Å². The highest BCUT2D eigenvalue weighted by Crippen LogP contribution is 2.23. The lowest BCUT2D eigenvalue weighted by molar-refractivity contribution is -0.142. The quantitative estimate of drug-likeness (QED) is 0.0152. The van der Waals surface area contributed by atoms with Gasteiger partial charge in [-0.3, -0.25) is 63.1 Å². The molecule has 7 aromatic rings. The maximum Gasteiger partial charge on any atom is 0.245 e. The van der Waals surface area contributed by atoms with E-state index in [1.54, 1.807) is 56.3 Å². The molecule has 10 atom stereocenters. The van der Waals surface area contributed by atoms with E-state index in [1.807, 2.05) is 78.9 Å². The molecular weight excluding hydrogens is 1380 g/mol. The Kier molecular flexibility index (Phi) is 29.4. The van der Waals surface area contributed by atoms with Crippen LogP contribution in [0.2, 0.25) is 5.02 Å². The molecule has 0 bridgehead atoms. The number of nitrogens with zero attached hydrogens (tertiary/aromatic N) is 2. The summed E-state index contributed by atoms with van der Waals surface area (Å²) in [7, 11) is 0. The van der Waals surface area contributed by atoms with E-state index >= 15 is 9.59 Å². The van der Waals surface area contributed by atoms with Crippen molar-refractivity contribution in [1.82, 2.24) is 63.1 Å². The van der Waals surface area contributed by atoms with Crippen LogP contribution in [0.3, 0.4) is 0 Å². The number of nitrogens with one attached hydrogen (secondary N) is 11. The SMILES string of the molecule is CC(=O)N[C@H](Cc1ccc2ccccc2c1)C(=O)N[C@H](Cc1ccc(Cl)cc1)C(=O)N[C@H](Cc1cccnc1)C(=O)N[C@@H](CO)C(=O)N[C@@H](Cc1ccc(O)cc1)C(=O)N[C@H](Cc1ccc2ccccc2c1)C(=O)N[C@@H](CC(C)C)C(=O)N[C@@H](CCCNC(=N)N)C(=O)N1CCC[C@H]1C(=O)N[C@H](C)C(N)=O. The summed E-state index contributed by atoms with van der Waals surface area (Å²) < 4.78 is 0. The number of benzene rings is 6. The molecule has 1 saturated heterocycles. The number of carbonyl (C=O) groups is 11. The lowest BCUT2D eigenvalue weighted by atomic mass is 9.98. The van der Waals surface area contributed by atoms with Crippen molar-refractivity contribution in [2.45, 2.75) is 152 Å². The fraction of sp³-hybridized carbons (Fsp3) is 0.364. The molecule has 0 unspecified atom stereocenters. The van der Waals surface area contributed by atoms with E-state index in [-0.39, 0.29) is 88.5 Å². The third-order valence-corrected chi connectivity index (χ3v) is 18.3. The summed E-state index contributed by atoms with van der Waals surface area (Å²) in [4.78, 5) is 162. The largest absolute Gasteiger partial charge is 0.508 e. The van der Waals surface area contributed by atoms with Crippen LogP contribution in [0.4, 0.5) is 0 Å². The Morgan fingerprint density at radius 3 is 1.43 bits per heavy atom. The molecule has 29 heteroatoms. The molecule has 1 aliphatic rings. The molecule has 0 spiro atoms. The second kappa shape index (κ2) is 38.8. The number of aliphatic hydroxyl groups is 1. The number of guanidine groups is 1. The van der Waals surface area contributed by atoms with Gasteiger partial charge in [0.05, 0.1) is 6.61 Å². The van der Waals surface area contributed by atoms with E-state index in [1.165, 1.54) is 55.4 Å². The number of aliphatic hydroxyl groups excluding tert-OH is 1. The van der Waals surface area contributed by atoms with E-state index in [2.05, 4.69) is 58.2 Å². The first kappa shape index (κ1) is 80.2. The summed E-state index contributed by atoms with van der Waals surface area (Å²) in [6, 6.07) is 27.7. The van der Waals surface area contributed by atoms with Crippen LogP contribution in [0.25, 0.3) is 21.5 Å². The number of hydrogen-bond acceptors (Lipinski definition) is 15. The van der Waals surface area contributed by atoms with Crippen LogP contribution >= 0.6 is 11.6 Å². The Balaban J connectivity index is 1.05. The average Bonchev–Trinajstić information content (AvgIpc) is 1.44. The molecule has 2 heterocycles. The van der Waals surface area contributed by atoms with E-state index < -0.39 is 132 Å². The molecule has 17 N–H and O–H groups in total. The monoisotopic (exact) mass is 1470 g/mol. The molecule has 11 amide bonds. The van der Waals surface area contributed by atoms with Crippen molar-refractivity contribution >= 4 is 104 Å². The predicted molar refractivity (Wildman–Crippen MR) is 399 cm³/mol. The number of phenolic OH excluding ortho intramolecular Hbond substituents is 1. The number of phenols is 1. The molecule has 28 nitrogen and oxygen atoms in total. The highest BCUT2D eigenvalue weighted by molar-refractivity contribution is 6.30. The van der Waals surface area contributed by atoms with E-state index in [0.29, 0.717) is 39.3 Å². The van der Waals surface area contributed by atoms with Crippen LogP contribution in [0.1, 0.15) is 87.6 Å². The summed E-state index contributed by atoms with van der Waals surface area (Å²) >= 11 is 6.25. The van der Waals surface area contributed by atoms with Gasteiger partial charge in [0.25, 0.3) is 0 Å². The number of fused-ring (bicyclic) bond motifs is 2. The number of amides is 11. The number of carbonyl (C=O) groups excluding carboxylic acids is 11. The number of primary amides is 1. The Morgan fingerprint density at radius 1 is 0.528 bits per heavy atom. The molecule has 0 radical (unpaired) electrons. The van der Waals surface area contributed by atoms with Crippen molar-refractivity contribution in [2.75, 3.05) is 19.7 Å². The van der Waals surface area contributed by atoms with Crippen LogP contribution in [-0.4, -0.2) is 171 Å². The van der Waals surface area contributed by atoms with Gasteiger partial charge in [0.15, 0.2) is 5.96 Å². The second-order valence-electron chi connectivity index (χ2n) is 26.8. The van der Waals surface area contributed by atoms with Crippen molar-refractivity contribution in [3.05, 3.63) is 191 Å². The van der Waals surface area contributed by atoms with E-state index in [0.717, 1.165) is 21.5 Å². The second-order valence-corrected chi connectivity index (χ2v) is 27.3. The van der Waals surface area contributed by atoms with Crippen molar-refractivity contribution in [3.8, 4) is 5.75 Å². The summed E-state index contributed by atoms with van der Waals surface area (Å²) in [6.07, 6.45) is 2.96. The van der Waals surface area contributed by atoms with Gasteiger partial charge in [0.2, 0.25) is 65.0 Å². The van der Waals surface area contributed by atoms with Gasteiger partial charge in [-0.05, 0) is 125 Å². The Morgan fingerprint density at radius 2 is 0.962 bits per heavy atom. The lowest BCUT2D eigenvalue weighted by Crippen LogP contribution is -2.62. The van der Waals surface area contributed by atoms with Gasteiger partial charge >= 0.3 is 0 Å². The van der Waals surface area contributed by atoms with Crippen molar-refractivity contribution in [1.29, 1.82) is 5.41 Å². The van der Waals surface area contributed by atoms with Gasteiger partial charge < -0.3 is 79.7 Å². The third-order valence-electron chi connectivity index (χ3n) is 18.0. The first-order chi connectivity index (χ1) is 50.7.